The van der Waals surface area contributed by atoms with Crippen LogP contribution >= 0.6 is 11.8 Å². The third kappa shape index (κ3) is 7.76. The molecule has 10 nitrogen and oxygen atoms in total. The second-order valence-electron chi connectivity index (χ2n) is 14.0. The van der Waals surface area contributed by atoms with Gasteiger partial charge in [-0.05, 0) is 90.3 Å². The van der Waals surface area contributed by atoms with Crippen LogP contribution < -0.4 is 0 Å². The number of H-pyrrole nitrogens is 2. The molecule has 11 heteroatoms. The molecular formula is C36H42N6O4S. The number of fused-ring (bicyclic) bond motifs is 1. The van der Waals surface area contributed by atoms with E-state index in [4.69, 9.17) is 14.5 Å². The van der Waals surface area contributed by atoms with Crippen LogP contribution in [0.15, 0.2) is 48.7 Å². The van der Waals surface area contributed by atoms with Crippen molar-refractivity contribution in [3.8, 4) is 23.1 Å². The van der Waals surface area contributed by atoms with Crippen molar-refractivity contribution >= 4 is 35.0 Å². The van der Waals surface area contributed by atoms with Crippen molar-refractivity contribution in [3.63, 3.8) is 0 Å². The van der Waals surface area contributed by atoms with Gasteiger partial charge in [-0.15, -0.1) is 0 Å². The molecule has 2 aliphatic heterocycles. The maximum atomic E-state index is 12.9. The number of aromatic nitrogens is 4. The maximum absolute atomic E-state index is 12.9. The predicted octanol–water partition coefficient (Wildman–Crippen LogP) is 7.45. The standard InChI is InChI=1S/C36H42N6O4S/c1-35(2,3)45-33(43)41-17-7-8-29(41)32-38-26-16-13-24(20-27(26)39-32)10-9-23-11-14-25(15-12-23)28-21-37-31(40-28)30-22-47-19-18-42(30)34(44)46-36(4,5)6/h11-16,20-21,29-30H,7-8,17-19,22H2,1-6H3,(H,37,40)(H,38,39)/t29-,30-/m0/s1. The highest BCUT2D eigenvalue weighted by Gasteiger charge is 2.35. The molecule has 2 amide bonds. The van der Waals surface area contributed by atoms with Gasteiger partial charge in [0.15, 0.2) is 0 Å². The summed E-state index contributed by atoms with van der Waals surface area (Å²) in [6, 6.07) is 13.6. The van der Waals surface area contributed by atoms with Gasteiger partial charge in [0.25, 0.3) is 0 Å². The third-order valence-electron chi connectivity index (χ3n) is 7.91. The molecule has 6 rings (SSSR count). The highest BCUT2D eigenvalue weighted by atomic mass is 32.2. The van der Waals surface area contributed by atoms with Crippen molar-refractivity contribution in [1.29, 1.82) is 0 Å². The van der Waals surface area contributed by atoms with E-state index in [1.54, 1.807) is 9.80 Å². The predicted molar refractivity (Wildman–Crippen MR) is 184 cm³/mol. The number of likely N-dealkylation sites (tertiary alicyclic amines) is 1. The largest absolute Gasteiger partial charge is 0.444 e. The zero-order valence-electron chi connectivity index (χ0n) is 27.8. The molecule has 2 aliphatic rings. The molecule has 246 valence electrons. The van der Waals surface area contributed by atoms with Crippen molar-refractivity contribution in [3.05, 3.63) is 71.4 Å². The number of imidazole rings is 2. The lowest BCUT2D eigenvalue weighted by Gasteiger charge is -2.35. The van der Waals surface area contributed by atoms with Gasteiger partial charge in [0, 0.05) is 35.7 Å². The molecule has 0 bridgehead atoms. The molecule has 4 heterocycles. The van der Waals surface area contributed by atoms with Crippen molar-refractivity contribution in [2.24, 2.45) is 0 Å². The van der Waals surface area contributed by atoms with Crippen molar-refractivity contribution in [2.75, 3.05) is 24.6 Å². The Morgan fingerprint density at radius 3 is 2.21 bits per heavy atom. The number of benzene rings is 2. The summed E-state index contributed by atoms with van der Waals surface area (Å²) in [7, 11) is 0. The van der Waals surface area contributed by atoms with E-state index in [1.165, 1.54) is 0 Å². The summed E-state index contributed by atoms with van der Waals surface area (Å²) in [4.78, 5) is 45.5. The number of aromatic amines is 2. The van der Waals surface area contributed by atoms with E-state index in [1.807, 2.05) is 102 Å². The summed E-state index contributed by atoms with van der Waals surface area (Å²) in [6.07, 6.45) is 2.94. The molecule has 0 unspecified atom stereocenters. The third-order valence-corrected chi connectivity index (χ3v) is 8.93. The van der Waals surface area contributed by atoms with Crippen LogP contribution in [-0.2, 0) is 9.47 Å². The van der Waals surface area contributed by atoms with E-state index in [2.05, 4.69) is 26.8 Å². The molecule has 2 fully saturated rings. The highest BCUT2D eigenvalue weighted by Crippen LogP contribution is 2.33. The molecule has 0 spiro atoms. The summed E-state index contributed by atoms with van der Waals surface area (Å²) in [5, 5.41) is 0. The lowest BCUT2D eigenvalue weighted by atomic mass is 10.1. The minimum absolute atomic E-state index is 0.137. The fraction of sp³-hybridized carbons (Fsp3) is 0.444. The van der Waals surface area contributed by atoms with Crippen molar-refractivity contribution in [1.82, 2.24) is 29.7 Å². The Balaban J connectivity index is 1.13. The number of thioether (sulfide) groups is 1. The van der Waals surface area contributed by atoms with Crippen LogP contribution in [0.4, 0.5) is 9.59 Å². The minimum Gasteiger partial charge on any atom is -0.444 e. The van der Waals surface area contributed by atoms with Crippen molar-refractivity contribution < 1.29 is 19.1 Å². The Morgan fingerprint density at radius 1 is 0.851 bits per heavy atom. The van der Waals surface area contributed by atoms with Crippen molar-refractivity contribution in [2.45, 2.75) is 77.7 Å². The first kappa shape index (κ1) is 32.5. The van der Waals surface area contributed by atoms with Crippen LogP contribution in [0.5, 0.6) is 0 Å². The second-order valence-corrected chi connectivity index (χ2v) is 15.1. The number of amides is 2. The number of rotatable bonds is 3. The lowest BCUT2D eigenvalue weighted by molar-refractivity contribution is 0.0176. The smallest absolute Gasteiger partial charge is 0.410 e. The number of hydrogen-bond donors (Lipinski definition) is 2. The number of nitrogens with zero attached hydrogens (tertiary/aromatic N) is 4. The molecule has 2 aromatic heterocycles. The number of carbonyl (C=O) groups is 2. The number of hydrogen-bond acceptors (Lipinski definition) is 7. The molecule has 2 N–H and O–H groups in total. The van der Waals surface area contributed by atoms with Gasteiger partial charge in [-0.2, -0.15) is 11.8 Å². The van der Waals surface area contributed by atoms with Gasteiger partial charge in [-0.1, -0.05) is 24.0 Å². The number of carbonyl (C=O) groups excluding carboxylic acids is 2. The zero-order chi connectivity index (χ0) is 33.3. The van der Waals surface area contributed by atoms with Crippen LogP contribution in [0.25, 0.3) is 22.3 Å². The molecule has 2 saturated heterocycles. The fourth-order valence-electron chi connectivity index (χ4n) is 5.75. The average molecular weight is 655 g/mol. The zero-order valence-corrected chi connectivity index (χ0v) is 28.7. The first-order valence-electron chi connectivity index (χ1n) is 16.1. The van der Waals surface area contributed by atoms with E-state index in [9.17, 15) is 9.59 Å². The Morgan fingerprint density at radius 2 is 1.51 bits per heavy atom. The normalized spacial score (nSPS) is 18.6. The molecule has 0 aliphatic carbocycles. The number of nitrogens with one attached hydrogen (secondary N) is 2. The van der Waals surface area contributed by atoms with Gasteiger partial charge < -0.3 is 19.4 Å². The molecule has 2 aromatic carbocycles. The maximum Gasteiger partial charge on any atom is 0.410 e. The second kappa shape index (κ2) is 13.0. The topological polar surface area (TPSA) is 116 Å². The Labute approximate surface area is 280 Å². The fourth-order valence-corrected chi connectivity index (χ4v) is 6.81. The van der Waals surface area contributed by atoms with Gasteiger partial charge in [0.05, 0.1) is 29.0 Å². The van der Waals surface area contributed by atoms with Crippen LogP contribution in [0, 0.1) is 11.8 Å². The minimum atomic E-state index is -0.553. The molecule has 4 aromatic rings. The molecule has 47 heavy (non-hydrogen) atoms. The van der Waals surface area contributed by atoms with Gasteiger partial charge in [0.2, 0.25) is 0 Å². The molecular weight excluding hydrogens is 613 g/mol. The first-order chi connectivity index (χ1) is 22.3. The Bertz CT molecular complexity index is 1820. The lowest BCUT2D eigenvalue weighted by Crippen LogP contribution is -2.44. The summed E-state index contributed by atoms with van der Waals surface area (Å²) in [6.45, 7) is 12.5. The number of ether oxygens (including phenoxy) is 2. The molecule has 0 radical (unpaired) electrons. The highest BCUT2D eigenvalue weighted by molar-refractivity contribution is 7.99. The summed E-state index contributed by atoms with van der Waals surface area (Å²) in [5.74, 6) is 9.69. The van der Waals surface area contributed by atoms with Gasteiger partial charge in [-0.3, -0.25) is 9.80 Å². The van der Waals surface area contributed by atoms with Crippen LogP contribution in [-0.4, -0.2) is 77.7 Å². The van der Waals surface area contributed by atoms with Crippen LogP contribution in [0.1, 0.15) is 89.2 Å². The first-order valence-corrected chi connectivity index (χ1v) is 17.2. The summed E-state index contributed by atoms with van der Waals surface area (Å²) < 4.78 is 11.3. The summed E-state index contributed by atoms with van der Waals surface area (Å²) >= 11 is 1.81. The van der Waals surface area contributed by atoms with Gasteiger partial charge >= 0.3 is 12.2 Å². The Kier molecular flexibility index (Phi) is 8.99. The van der Waals surface area contributed by atoms with E-state index in [0.717, 1.165) is 69.4 Å². The SMILES string of the molecule is CC(C)(C)OC(=O)N1CCSC[C@H]1c1ncc(-c2ccc(C#Cc3ccc4nc([C@@H]5CCCN5C(=O)OC(C)(C)C)[nH]c4c3)cc2)[nH]1. The molecule has 2 atom stereocenters. The van der Waals surface area contributed by atoms with E-state index >= 15 is 0 Å². The van der Waals surface area contributed by atoms with Crippen LogP contribution in [0.3, 0.4) is 0 Å². The van der Waals surface area contributed by atoms with E-state index < -0.39 is 11.2 Å². The quantitative estimate of drug-likeness (QED) is 0.221. The van der Waals surface area contributed by atoms with Gasteiger partial charge in [-0.25, -0.2) is 19.6 Å². The Hall–Kier alpha value is -4.43. The van der Waals surface area contributed by atoms with E-state index in [0.29, 0.717) is 13.1 Å². The molecule has 0 saturated carbocycles. The van der Waals surface area contributed by atoms with E-state index in [-0.39, 0.29) is 24.3 Å². The summed E-state index contributed by atoms with van der Waals surface area (Å²) in [5.41, 5.74) is 4.24. The average Bonchev–Trinajstić information content (AvgIpc) is 3.78. The van der Waals surface area contributed by atoms with Gasteiger partial charge in [0.1, 0.15) is 28.9 Å². The van der Waals surface area contributed by atoms with Crippen LogP contribution in [0.2, 0.25) is 0 Å². The monoisotopic (exact) mass is 654 g/mol.